The third-order valence-corrected chi connectivity index (χ3v) is 4.94. The van der Waals surface area contributed by atoms with Crippen molar-refractivity contribution >= 4 is 40.1 Å². The summed E-state index contributed by atoms with van der Waals surface area (Å²) in [5.41, 5.74) is 2.22. The first-order valence-corrected chi connectivity index (χ1v) is 8.60. The highest BCUT2D eigenvalue weighted by Crippen LogP contribution is 2.23. The third kappa shape index (κ3) is 3.59. The molecule has 1 saturated heterocycles. The first kappa shape index (κ1) is 15.7. The Bertz CT molecular complexity index is 762. The van der Waals surface area contributed by atoms with E-state index in [2.05, 4.69) is 10.5 Å². The first-order chi connectivity index (χ1) is 11.1. The Morgan fingerprint density at radius 2 is 2.13 bits per heavy atom. The highest BCUT2D eigenvalue weighted by molar-refractivity contribution is 8.15. The number of amidine groups is 1. The van der Waals surface area contributed by atoms with E-state index >= 15 is 0 Å². The second-order valence-corrected chi connectivity index (χ2v) is 6.64. The highest BCUT2D eigenvalue weighted by Gasteiger charge is 2.29. The van der Waals surface area contributed by atoms with Crippen LogP contribution in [0.25, 0.3) is 0 Å². The van der Waals surface area contributed by atoms with E-state index in [1.165, 1.54) is 34.9 Å². The number of hydrogen-bond acceptors (Lipinski definition) is 5. The molecule has 0 saturated carbocycles. The molecule has 1 aliphatic heterocycles. The predicted molar refractivity (Wildman–Crippen MR) is 88.6 cm³/mol. The Balaban J connectivity index is 1.72. The minimum atomic E-state index is -0.647. The minimum absolute atomic E-state index is 0.0673. The number of hydrogen-bond donors (Lipinski definition) is 1. The summed E-state index contributed by atoms with van der Waals surface area (Å²) in [6, 6.07) is 9.50. The van der Waals surface area contributed by atoms with Crippen molar-refractivity contribution in [3.8, 4) is 0 Å². The summed E-state index contributed by atoms with van der Waals surface area (Å²) in [7, 11) is 0. The van der Waals surface area contributed by atoms with Crippen molar-refractivity contribution < 1.29 is 14.0 Å². The van der Waals surface area contributed by atoms with E-state index in [1.807, 2.05) is 17.5 Å². The van der Waals surface area contributed by atoms with Gasteiger partial charge >= 0.3 is 0 Å². The molecule has 2 amide bonds. The van der Waals surface area contributed by atoms with Gasteiger partial charge in [-0.1, -0.05) is 30.0 Å². The summed E-state index contributed by atoms with van der Waals surface area (Å²) in [5, 5.41) is 6.32. The largest absolute Gasteiger partial charge is 0.284 e. The van der Waals surface area contributed by atoms with E-state index in [-0.39, 0.29) is 17.2 Å². The van der Waals surface area contributed by atoms with Gasteiger partial charge in [0, 0.05) is 4.88 Å². The molecule has 1 fully saturated rings. The quantitative estimate of drug-likeness (QED) is 0.863. The molecule has 0 unspecified atom stereocenters. The van der Waals surface area contributed by atoms with E-state index in [1.54, 1.807) is 17.4 Å². The monoisotopic (exact) mass is 349 g/mol. The minimum Gasteiger partial charge on any atom is -0.284 e. The number of benzene rings is 1. The standard InChI is InChI=1S/C15H12FN3O2S2/c16-12-6-2-1-5-11(12)14(21)17-18-15-19(13(20)9-23-15)8-10-4-3-7-22-10/h1-7H,8-9H2,(H,17,21)/b18-15-. The van der Waals surface area contributed by atoms with Crippen LogP contribution in [0.15, 0.2) is 46.9 Å². The van der Waals surface area contributed by atoms with Gasteiger partial charge < -0.3 is 0 Å². The van der Waals surface area contributed by atoms with Crippen molar-refractivity contribution in [2.24, 2.45) is 5.10 Å². The van der Waals surface area contributed by atoms with Crippen LogP contribution in [0.2, 0.25) is 0 Å². The van der Waals surface area contributed by atoms with Gasteiger partial charge in [-0.15, -0.1) is 16.4 Å². The Morgan fingerprint density at radius 1 is 1.30 bits per heavy atom. The summed E-state index contributed by atoms with van der Waals surface area (Å²) in [6.45, 7) is 0.415. The third-order valence-electron chi connectivity index (χ3n) is 3.12. The van der Waals surface area contributed by atoms with Gasteiger partial charge in [0.2, 0.25) is 5.91 Å². The van der Waals surface area contributed by atoms with Gasteiger partial charge in [-0.05, 0) is 23.6 Å². The molecule has 0 radical (unpaired) electrons. The summed E-state index contributed by atoms with van der Waals surface area (Å²) < 4.78 is 13.6. The van der Waals surface area contributed by atoms with Gasteiger partial charge in [0.25, 0.3) is 5.91 Å². The lowest BCUT2D eigenvalue weighted by atomic mass is 10.2. The molecule has 0 spiro atoms. The zero-order valence-electron chi connectivity index (χ0n) is 11.9. The fraction of sp³-hybridized carbons (Fsp3) is 0.133. The molecule has 0 atom stereocenters. The van der Waals surface area contributed by atoms with E-state index in [4.69, 9.17) is 0 Å². The molecule has 118 valence electrons. The maximum atomic E-state index is 13.6. The van der Waals surface area contributed by atoms with Crippen molar-refractivity contribution in [3.63, 3.8) is 0 Å². The topological polar surface area (TPSA) is 61.8 Å². The van der Waals surface area contributed by atoms with Gasteiger partial charge in [-0.3, -0.25) is 14.5 Å². The summed E-state index contributed by atoms with van der Waals surface area (Å²) in [5.74, 6) is -1.05. The van der Waals surface area contributed by atoms with Crippen molar-refractivity contribution in [2.45, 2.75) is 6.54 Å². The van der Waals surface area contributed by atoms with Crippen molar-refractivity contribution in [1.29, 1.82) is 0 Å². The van der Waals surface area contributed by atoms with Crippen LogP contribution in [0.1, 0.15) is 15.2 Å². The molecule has 23 heavy (non-hydrogen) atoms. The van der Waals surface area contributed by atoms with Crippen LogP contribution in [0.5, 0.6) is 0 Å². The zero-order chi connectivity index (χ0) is 16.2. The number of rotatable bonds is 4. The van der Waals surface area contributed by atoms with Gasteiger partial charge in [-0.2, -0.15) is 0 Å². The normalized spacial score (nSPS) is 16.1. The highest BCUT2D eigenvalue weighted by atomic mass is 32.2. The molecule has 2 aromatic rings. The Hall–Kier alpha value is -2.19. The molecule has 0 bridgehead atoms. The Morgan fingerprint density at radius 3 is 2.87 bits per heavy atom. The SMILES string of the molecule is O=C(N/N=C1\SCC(=O)N1Cc1cccs1)c1ccccc1F. The fourth-order valence-corrected chi connectivity index (χ4v) is 3.53. The van der Waals surface area contributed by atoms with Crippen molar-refractivity contribution in [1.82, 2.24) is 10.3 Å². The van der Waals surface area contributed by atoms with Gasteiger partial charge in [0.1, 0.15) is 5.82 Å². The Kier molecular flexibility index (Phi) is 4.73. The number of nitrogens with zero attached hydrogens (tertiary/aromatic N) is 2. The summed E-state index contributed by atoms with van der Waals surface area (Å²) in [4.78, 5) is 26.4. The van der Waals surface area contributed by atoms with Crippen molar-refractivity contribution in [3.05, 3.63) is 58.0 Å². The van der Waals surface area contributed by atoms with Crippen LogP contribution in [0.3, 0.4) is 0 Å². The number of halogens is 1. The van der Waals surface area contributed by atoms with E-state index in [9.17, 15) is 14.0 Å². The van der Waals surface area contributed by atoms with Crippen LogP contribution in [-0.2, 0) is 11.3 Å². The lowest BCUT2D eigenvalue weighted by Crippen LogP contribution is -2.31. The molecule has 1 aliphatic rings. The second-order valence-electron chi connectivity index (χ2n) is 4.66. The molecule has 0 aliphatic carbocycles. The van der Waals surface area contributed by atoms with Crippen LogP contribution in [0, 0.1) is 5.82 Å². The molecular weight excluding hydrogens is 337 g/mol. The molecule has 1 aromatic heterocycles. The van der Waals surface area contributed by atoms with Crippen molar-refractivity contribution in [2.75, 3.05) is 5.75 Å². The molecule has 5 nitrogen and oxygen atoms in total. The van der Waals surface area contributed by atoms with E-state index in [0.717, 1.165) is 4.88 Å². The Labute approximate surface area is 140 Å². The van der Waals surface area contributed by atoms with Crippen LogP contribution in [0.4, 0.5) is 4.39 Å². The maximum absolute atomic E-state index is 13.6. The maximum Gasteiger partial charge on any atom is 0.274 e. The van der Waals surface area contributed by atoms with Gasteiger partial charge in [0.05, 0.1) is 17.9 Å². The number of hydrazone groups is 1. The average Bonchev–Trinajstić information content (AvgIpc) is 3.17. The number of thioether (sulfide) groups is 1. The smallest absolute Gasteiger partial charge is 0.274 e. The second kappa shape index (κ2) is 6.93. The fourth-order valence-electron chi connectivity index (χ4n) is 2.00. The average molecular weight is 349 g/mol. The van der Waals surface area contributed by atoms with Crippen LogP contribution < -0.4 is 5.43 Å². The molecule has 3 rings (SSSR count). The molecule has 8 heteroatoms. The van der Waals surface area contributed by atoms with Crippen LogP contribution in [-0.4, -0.2) is 27.6 Å². The lowest BCUT2D eigenvalue weighted by Gasteiger charge is -2.14. The lowest BCUT2D eigenvalue weighted by molar-refractivity contribution is -0.124. The van der Waals surface area contributed by atoms with Crippen LogP contribution >= 0.6 is 23.1 Å². The number of carbonyl (C=O) groups is 2. The number of amides is 2. The molecule has 1 N–H and O–H groups in total. The number of carbonyl (C=O) groups excluding carboxylic acids is 2. The van der Waals surface area contributed by atoms with Gasteiger partial charge in [0.15, 0.2) is 5.17 Å². The molecule has 1 aromatic carbocycles. The number of thiophene rings is 1. The summed E-state index contributed by atoms with van der Waals surface area (Å²) in [6.07, 6.45) is 0. The molecule has 2 heterocycles. The van der Waals surface area contributed by atoms with E-state index < -0.39 is 11.7 Å². The predicted octanol–water partition coefficient (Wildman–Crippen LogP) is 2.66. The first-order valence-electron chi connectivity index (χ1n) is 6.73. The van der Waals surface area contributed by atoms with E-state index in [0.29, 0.717) is 11.7 Å². The summed E-state index contributed by atoms with van der Waals surface area (Å²) >= 11 is 2.79. The number of nitrogens with one attached hydrogen (secondary N) is 1. The zero-order valence-corrected chi connectivity index (χ0v) is 13.5. The van der Waals surface area contributed by atoms with Gasteiger partial charge in [-0.25, -0.2) is 9.82 Å². The molecular formula is C15H12FN3O2S2.